The number of benzene rings is 1. The van der Waals surface area contributed by atoms with Crippen molar-refractivity contribution in [3.63, 3.8) is 0 Å². The zero-order valence-electron chi connectivity index (χ0n) is 12.4. The standard InChI is InChI=1S/C14H22N2O3S/c1-5-16-14(17)9-15-8-10-6-11(18-2)12(19-3)7-13(10)20-4/h6-7,15H,5,8-9H2,1-4H3,(H,16,17). The molecule has 1 amide bonds. The van der Waals surface area contributed by atoms with E-state index in [2.05, 4.69) is 10.6 Å². The molecule has 0 atom stereocenters. The molecule has 20 heavy (non-hydrogen) atoms. The number of amides is 1. The van der Waals surface area contributed by atoms with E-state index in [4.69, 9.17) is 9.47 Å². The Hall–Kier alpha value is -1.40. The number of hydrogen-bond acceptors (Lipinski definition) is 5. The lowest BCUT2D eigenvalue weighted by Gasteiger charge is -2.14. The Labute approximate surface area is 124 Å². The highest BCUT2D eigenvalue weighted by molar-refractivity contribution is 7.98. The van der Waals surface area contributed by atoms with Crippen LogP contribution in [0.15, 0.2) is 17.0 Å². The molecule has 0 unspecified atom stereocenters. The van der Waals surface area contributed by atoms with Crippen LogP contribution in [0.3, 0.4) is 0 Å². The zero-order chi connectivity index (χ0) is 15.0. The van der Waals surface area contributed by atoms with Crippen molar-refractivity contribution in [2.75, 3.05) is 33.6 Å². The summed E-state index contributed by atoms with van der Waals surface area (Å²) in [5, 5.41) is 5.88. The predicted octanol–water partition coefficient (Wildman–Crippen LogP) is 1.65. The average molecular weight is 298 g/mol. The number of carbonyl (C=O) groups excluding carboxylic acids is 1. The lowest BCUT2D eigenvalue weighted by Crippen LogP contribution is -2.33. The number of hydrogen-bond donors (Lipinski definition) is 2. The lowest BCUT2D eigenvalue weighted by atomic mass is 10.2. The molecule has 0 saturated carbocycles. The molecule has 0 heterocycles. The Morgan fingerprint density at radius 2 is 1.90 bits per heavy atom. The van der Waals surface area contributed by atoms with Gasteiger partial charge in [-0.3, -0.25) is 4.79 Å². The van der Waals surface area contributed by atoms with Crippen LogP contribution in [0.2, 0.25) is 0 Å². The molecule has 112 valence electrons. The van der Waals surface area contributed by atoms with Gasteiger partial charge in [0.25, 0.3) is 0 Å². The summed E-state index contributed by atoms with van der Waals surface area (Å²) in [5.74, 6) is 1.41. The van der Waals surface area contributed by atoms with E-state index in [1.54, 1.807) is 26.0 Å². The van der Waals surface area contributed by atoms with Crippen LogP contribution in [0.4, 0.5) is 0 Å². The highest BCUT2D eigenvalue weighted by atomic mass is 32.2. The van der Waals surface area contributed by atoms with Gasteiger partial charge in [-0.25, -0.2) is 0 Å². The monoisotopic (exact) mass is 298 g/mol. The number of rotatable bonds is 8. The van der Waals surface area contributed by atoms with Crippen LogP contribution in [-0.4, -0.2) is 39.5 Å². The van der Waals surface area contributed by atoms with Crippen LogP contribution in [0, 0.1) is 0 Å². The largest absolute Gasteiger partial charge is 0.493 e. The third-order valence-corrected chi connectivity index (χ3v) is 3.58. The second-order valence-corrected chi connectivity index (χ2v) is 4.92. The van der Waals surface area contributed by atoms with Crippen LogP contribution in [0.25, 0.3) is 0 Å². The van der Waals surface area contributed by atoms with Gasteiger partial charge >= 0.3 is 0 Å². The minimum absolute atomic E-state index is 0.00122. The fourth-order valence-corrected chi connectivity index (χ4v) is 2.42. The minimum Gasteiger partial charge on any atom is -0.493 e. The Morgan fingerprint density at radius 3 is 2.45 bits per heavy atom. The summed E-state index contributed by atoms with van der Waals surface area (Å²) in [6, 6.07) is 3.89. The third-order valence-electron chi connectivity index (χ3n) is 2.76. The van der Waals surface area contributed by atoms with Gasteiger partial charge in [0.05, 0.1) is 20.8 Å². The summed E-state index contributed by atoms with van der Waals surface area (Å²) in [4.78, 5) is 12.5. The van der Waals surface area contributed by atoms with Gasteiger partial charge in [-0.15, -0.1) is 11.8 Å². The molecule has 0 radical (unpaired) electrons. The molecular formula is C14H22N2O3S. The van der Waals surface area contributed by atoms with Gasteiger partial charge in [0.2, 0.25) is 5.91 Å². The Kier molecular flexibility index (Phi) is 7.25. The van der Waals surface area contributed by atoms with Crippen LogP contribution in [0.5, 0.6) is 11.5 Å². The van der Waals surface area contributed by atoms with Crippen molar-refractivity contribution in [1.82, 2.24) is 10.6 Å². The predicted molar refractivity (Wildman–Crippen MR) is 81.7 cm³/mol. The molecule has 2 N–H and O–H groups in total. The summed E-state index contributed by atoms with van der Waals surface area (Å²) >= 11 is 1.64. The highest BCUT2D eigenvalue weighted by Gasteiger charge is 2.10. The Balaban J connectivity index is 2.75. The van der Waals surface area contributed by atoms with Crippen LogP contribution in [-0.2, 0) is 11.3 Å². The lowest BCUT2D eigenvalue weighted by molar-refractivity contribution is -0.120. The van der Waals surface area contributed by atoms with Gasteiger partial charge in [0.1, 0.15) is 0 Å². The van der Waals surface area contributed by atoms with Gasteiger partial charge in [-0.2, -0.15) is 0 Å². The van der Waals surface area contributed by atoms with Gasteiger partial charge < -0.3 is 20.1 Å². The Morgan fingerprint density at radius 1 is 1.25 bits per heavy atom. The molecule has 0 fully saturated rings. The summed E-state index contributed by atoms with van der Waals surface area (Å²) in [7, 11) is 3.23. The molecule has 0 aromatic heterocycles. The van der Waals surface area contributed by atoms with Crippen LogP contribution < -0.4 is 20.1 Å². The quantitative estimate of drug-likeness (QED) is 0.715. The normalized spacial score (nSPS) is 10.2. The molecule has 0 bridgehead atoms. The van der Waals surface area contributed by atoms with Crippen molar-refractivity contribution in [3.8, 4) is 11.5 Å². The molecule has 0 saturated heterocycles. The van der Waals surface area contributed by atoms with Crippen molar-refractivity contribution >= 4 is 17.7 Å². The van der Waals surface area contributed by atoms with Crippen molar-refractivity contribution in [3.05, 3.63) is 17.7 Å². The molecule has 6 heteroatoms. The summed E-state index contributed by atoms with van der Waals surface area (Å²) in [6.07, 6.45) is 2.01. The van der Waals surface area contributed by atoms with Gasteiger partial charge in [0, 0.05) is 18.0 Å². The number of nitrogens with one attached hydrogen (secondary N) is 2. The van der Waals surface area contributed by atoms with Crippen molar-refractivity contribution in [1.29, 1.82) is 0 Å². The topological polar surface area (TPSA) is 59.6 Å². The second kappa shape index (κ2) is 8.71. The van der Waals surface area contributed by atoms with Crippen molar-refractivity contribution in [2.24, 2.45) is 0 Å². The third kappa shape index (κ3) is 4.61. The maximum absolute atomic E-state index is 11.4. The maximum Gasteiger partial charge on any atom is 0.233 e. The SMILES string of the molecule is CCNC(=O)CNCc1cc(OC)c(OC)cc1SC. The number of thioether (sulfide) groups is 1. The molecule has 0 aliphatic carbocycles. The smallest absolute Gasteiger partial charge is 0.233 e. The maximum atomic E-state index is 11.4. The van der Waals surface area contributed by atoms with E-state index in [9.17, 15) is 4.79 Å². The molecule has 1 rings (SSSR count). The van der Waals surface area contributed by atoms with E-state index in [1.807, 2.05) is 25.3 Å². The number of carbonyl (C=O) groups is 1. The van der Waals surface area contributed by atoms with E-state index in [0.29, 0.717) is 31.1 Å². The van der Waals surface area contributed by atoms with E-state index in [0.717, 1.165) is 10.5 Å². The van der Waals surface area contributed by atoms with E-state index in [1.165, 1.54) is 0 Å². The molecule has 0 spiro atoms. The first-order valence-electron chi connectivity index (χ1n) is 6.42. The second-order valence-electron chi connectivity index (χ2n) is 4.08. The number of likely N-dealkylation sites (N-methyl/N-ethyl adjacent to an activating group) is 1. The van der Waals surface area contributed by atoms with Crippen LogP contribution in [0.1, 0.15) is 12.5 Å². The van der Waals surface area contributed by atoms with Crippen molar-refractivity contribution < 1.29 is 14.3 Å². The van der Waals surface area contributed by atoms with E-state index in [-0.39, 0.29) is 5.91 Å². The fraction of sp³-hybridized carbons (Fsp3) is 0.500. The summed E-state index contributed by atoms with van der Waals surface area (Å²) in [5.41, 5.74) is 1.08. The van der Waals surface area contributed by atoms with Crippen molar-refractivity contribution in [2.45, 2.75) is 18.4 Å². The molecule has 0 aliphatic heterocycles. The first kappa shape index (κ1) is 16.7. The fourth-order valence-electron chi connectivity index (χ4n) is 1.80. The molecule has 5 nitrogen and oxygen atoms in total. The van der Waals surface area contributed by atoms with E-state index < -0.39 is 0 Å². The first-order valence-corrected chi connectivity index (χ1v) is 7.65. The highest BCUT2D eigenvalue weighted by Crippen LogP contribution is 2.34. The van der Waals surface area contributed by atoms with Gasteiger partial charge in [-0.1, -0.05) is 0 Å². The summed E-state index contributed by atoms with van der Waals surface area (Å²) < 4.78 is 10.6. The zero-order valence-corrected chi connectivity index (χ0v) is 13.2. The van der Waals surface area contributed by atoms with Gasteiger partial charge in [0.15, 0.2) is 11.5 Å². The molecule has 1 aromatic carbocycles. The minimum atomic E-state index is -0.00122. The number of ether oxygens (including phenoxy) is 2. The van der Waals surface area contributed by atoms with E-state index >= 15 is 0 Å². The molecular weight excluding hydrogens is 276 g/mol. The van der Waals surface area contributed by atoms with Crippen LogP contribution >= 0.6 is 11.8 Å². The van der Waals surface area contributed by atoms with Gasteiger partial charge in [-0.05, 0) is 30.9 Å². The Bertz CT molecular complexity index is 452. The number of methoxy groups -OCH3 is 2. The first-order chi connectivity index (χ1) is 9.65. The molecule has 0 aliphatic rings. The summed E-state index contributed by atoms with van der Waals surface area (Å²) in [6.45, 7) is 3.45. The average Bonchev–Trinajstić information content (AvgIpc) is 2.46. The molecule has 1 aromatic rings.